The number of likely N-dealkylation sites (tertiary alicyclic amines) is 1. The molecule has 1 spiro atoms. The second kappa shape index (κ2) is 5.67. The van der Waals surface area contributed by atoms with E-state index in [0.29, 0.717) is 10.4 Å². The number of anilines is 1. The zero-order valence-electron chi connectivity index (χ0n) is 11.9. The van der Waals surface area contributed by atoms with Gasteiger partial charge in [0, 0.05) is 13.1 Å². The molecule has 0 bridgehead atoms. The monoisotopic (exact) mass is 308 g/mol. The number of carbonyl (C=O) groups is 2. The van der Waals surface area contributed by atoms with E-state index in [0.717, 1.165) is 25.9 Å². The largest absolute Gasteiger partial charge is 0.478 e. The number of urea groups is 1. The second-order valence-corrected chi connectivity index (χ2v) is 7.01. The molecule has 114 valence electrons. The maximum Gasteiger partial charge on any atom is 0.338 e. The number of hydrogen-bond acceptors (Lipinski definition) is 3. The van der Waals surface area contributed by atoms with E-state index in [2.05, 4.69) is 5.32 Å². The molecular weight excluding hydrogens is 288 g/mol. The Hall–Kier alpha value is -1.56. The van der Waals surface area contributed by atoms with Gasteiger partial charge in [0.25, 0.3) is 0 Å². The maximum absolute atomic E-state index is 12.3. The van der Waals surface area contributed by atoms with Gasteiger partial charge in [-0.05, 0) is 42.5 Å². The number of carbonyl (C=O) groups excluding carboxylic acids is 1. The van der Waals surface area contributed by atoms with E-state index in [1.165, 1.54) is 43.1 Å². The van der Waals surface area contributed by atoms with Crippen molar-refractivity contribution < 1.29 is 14.7 Å². The van der Waals surface area contributed by atoms with E-state index >= 15 is 0 Å². The molecule has 6 heteroatoms. The number of hydrogen-bond donors (Lipinski definition) is 2. The van der Waals surface area contributed by atoms with Gasteiger partial charge in [-0.1, -0.05) is 12.8 Å². The molecule has 0 atom stereocenters. The number of carboxylic acid groups (broad SMARTS) is 1. The van der Waals surface area contributed by atoms with E-state index in [4.69, 9.17) is 5.11 Å². The fourth-order valence-corrected chi connectivity index (χ4v) is 4.33. The lowest BCUT2D eigenvalue weighted by Gasteiger charge is -2.39. The van der Waals surface area contributed by atoms with Crippen LogP contribution in [0.15, 0.2) is 11.4 Å². The summed E-state index contributed by atoms with van der Waals surface area (Å²) in [7, 11) is 0. The standard InChI is InChI=1S/C15H20N2O3S/c18-13(19)11-3-10-21-12(11)16-14(20)17-8-6-15(7-9-17)4-1-2-5-15/h3,10H,1-2,4-9H2,(H,16,20)(H,18,19). The molecular formula is C15H20N2O3S. The first kappa shape index (κ1) is 14.4. The quantitative estimate of drug-likeness (QED) is 0.876. The Morgan fingerprint density at radius 1 is 1.19 bits per heavy atom. The molecule has 0 radical (unpaired) electrons. The molecule has 3 rings (SSSR count). The summed E-state index contributed by atoms with van der Waals surface area (Å²) in [4.78, 5) is 25.1. The normalized spacial score (nSPS) is 20.7. The molecule has 2 fully saturated rings. The molecule has 0 unspecified atom stereocenters. The summed E-state index contributed by atoms with van der Waals surface area (Å²) in [5.41, 5.74) is 0.643. The van der Waals surface area contributed by atoms with Gasteiger partial charge >= 0.3 is 12.0 Å². The number of thiophene rings is 1. The minimum atomic E-state index is -1.00. The van der Waals surface area contributed by atoms with Crippen molar-refractivity contribution in [2.45, 2.75) is 38.5 Å². The van der Waals surface area contributed by atoms with E-state index in [-0.39, 0.29) is 11.6 Å². The number of nitrogens with zero attached hydrogens (tertiary/aromatic N) is 1. The Morgan fingerprint density at radius 3 is 2.48 bits per heavy atom. The third-order valence-electron chi connectivity index (χ3n) is 4.89. The van der Waals surface area contributed by atoms with Crippen LogP contribution in [0.25, 0.3) is 0 Å². The van der Waals surface area contributed by atoms with Gasteiger partial charge in [0.15, 0.2) is 0 Å². The van der Waals surface area contributed by atoms with Crippen LogP contribution in [-0.2, 0) is 0 Å². The lowest BCUT2D eigenvalue weighted by molar-refractivity contribution is 0.0698. The highest BCUT2D eigenvalue weighted by Gasteiger charge is 2.38. The van der Waals surface area contributed by atoms with Crippen LogP contribution in [0.5, 0.6) is 0 Å². The lowest BCUT2D eigenvalue weighted by atomic mass is 9.77. The molecule has 1 saturated heterocycles. The van der Waals surface area contributed by atoms with Crippen LogP contribution < -0.4 is 5.32 Å². The number of piperidine rings is 1. The zero-order valence-corrected chi connectivity index (χ0v) is 12.7. The topological polar surface area (TPSA) is 69.6 Å². The van der Waals surface area contributed by atoms with Crippen molar-refractivity contribution in [2.75, 3.05) is 18.4 Å². The predicted molar refractivity (Wildman–Crippen MR) is 82.0 cm³/mol. The fraction of sp³-hybridized carbons (Fsp3) is 0.600. The number of amides is 2. The van der Waals surface area contributed by atoms with Gasteiger partial charge in [-0.2, -0.15) is 0 Å². The molecule has 1 saturated carbocycles. The van der Waals surface area contributed by atoms with Crippen LogP contribution >= 0.6 is 11.3 Å². The number of carboxylic acids is 1. The Bertz CT molecular complexity index is 539. The maximum atomic E-state index is 12.3. The molecule has 1 aliphatic heterocycles. The van der Waals surface area contributed by atoms with Crippen LogP contribution in [0.1, 0.15) is 48.9 Å². The summed E-state index contributed by atoms with van der Waals surface area (Å²) in [6.07, 6.45) is 7.41. The fourth-order valence-electron chi connectivity index (χ4n) is 3.56. The number of rotatable bonds is 2. The molecule has 1 aromatic heterocycles. The molecule has 21 heavy (non-hydrogen) atoms. The smallest absolute Gasteiger partial charge is 0.338 e. The van der Waals surface area contributed by atoms with Gasteiger partial charge in [0.05, 0.1) is 5.56 Å². The van der Waals surface area contributed by atoms with Crippen molar-refractivity contribution in [3.63, 3.8) is 0 Å². The van der Waals surface area contributed by atoms with Crippen molar-refractivity contribution in [1.82, 2.24) is 4.90 Å². The molecule has 0 aromatic carbocycles. The number of nitrogens with one attached hydrogen (secondary N) is 1. The van der Waals surface area contributed by atoms with E-state index in [1.807, 2.05) is 4.90 Å². The number of aromatic carboxylic acids is 1. The summed E-state index contributed by atoms with van der Waals surface area (Å²) < 4.78 is 0. The van der Waals surface area contributed by atoms with E-state index in [9.17, 15) is 9.59 Å². The summed E-state index contributed by atoms with van der Waals surface area (Å²) in [6, 6.07) is 1.35. The highest BCUT2D eigenvalue weighted by Crippen LogP contribution is 2.46. The summed E-state index contributed by atoms with van der Waals surface area (Å²) >= 11 is 1.25. The first-order chi connectivity index (χ1) is 10.1. The minimum Gasteiger partial charge on any atom is -0.478 e. The molecule has 2 aliphatic rings. The Kier molecular flexibility index (Phi) is 3.89. The predicted octanol–water partition coefficient (Wildman–Crippen LogP) is 3.63. The third-order valence-corrected chi connectivity index (χ3v) is 5.72. The zero-order chi connectivity index (χ0) is 14.9. The van der Waals surface area contributed by atoms with Crippen molar-refractivity contribution in [3.05, 3.63) is 17.0 Å². The van der Waals surface area contributed by atoms with Crippen molar-refractivity contribution in [1.29, 1.82) is 0 Å². The van der Waals surface area contributed by atoms with Crippen LogP contribution in [0, 0.1) is 5.41 Å². The van der Waals surface area contributed by atoms with Crippen LogP contribution in [-0.4, -0.2) is 35.1 Å². The second-order valence-electron chi connectivity index (χ2n) is 6.09. The van der Waals surface area contributed by atoms with Gasteiger partial charge in [0.2, 0.25) is 0 Å². The van der Waals surface area contributed by atoms with Crippen LogP contribution in [0.4, 0.5) is 9.80 Å². The van der Waals surface area contributed by atoms with Gasteiger partial charge in [-0.15, -0.1) is 11.3 Å². The van der Waals surface area contributed by atoms with Crippen LogP contribution in [0.2, 0.25) is 0 Å². The van der Waals surface area contributed by atoms with Crippen molar-refractivity contribution in [2.24, 2.45) is 5.41 Å². The van der Waals surface area contributed by atoms with Crippen molar-refractivity contribution in [3.8, 4) is 0 Å². The molecule has 2 heterocycles. The average molecular weight is 308 g/mol. The highest BCUT2D eigenvalue weighted by atomic mass is 32.1. The Morgan fingerprint density at radius 2 is 1.86 bits per heavy atom. The van der Waals surface area contributed by atoms with E-state index < -0.39 is 5.97 Å². The average Bonchev–Trinajstić information content (AvgIpc) is 3.09. The Labute approximate surface area is 128 Å². The first-order valence-corrected chi connectivity index (χ1v) is 8.34. The summed E-state index contributed by atoms with van der Waals surface area (Å²) in [6.45, 7) is 1.55. The van der Waals surface area contributed by atoms with Crippen molar-refractivity contribution >= 4 is 28.3 Å². The molecule has 5 nitrogen and oxygen atoms in total. The van der Waals surface area contributed by atoms with Gasteiger partial charge in [-0.25, -0.2) is 9.59 Å². The first-order valence-electron chi connectivity index (χ1n) is 7.46. The molecule has 1 aromatic rings. The van der Waals surface area contributed by atoms with Gasteiger partial charge in [-0.3, -0.25) is 5.32 Å². The lowest BCUT2D eigenvalue weighted by Crippen LogP contribution is -2.44. The summed E-state index contributed by atoms with van der Waals surface area (Å²) in [5, 5.41) is 13.9. The molecule has 2 amide bonds. The van der Waals surface area contributed by atoms with E-state index in [1.54, 1.807) is 5.38 Å². The Balaban J connectivity index is 1.59. The highest BCUT2D eigenvalue weighted by molar-refractivity contribution is 7.14. The summed E-state index contributed by atoms with van der Waals surface area (Å²) in [5.74, 6) is -1.00. The SMILES string of the molecule is O=C(O)c1ccsc1NC(=O)N1CCC2(CCCC2)CC1. The minimum absolute atomic E-state index is 0.164. The third kappa shape index (κ3) is 2.90. The van der Waals surface area contributed by atoms with Crippen LogP contribution in [0.3, 0.4) is 0 Å². The van der Waals surface area contributed by atoms with Gasteiger partial charge < -0.3 is 10.0 Å². The molecule has 2 N–H and O–H groups in total. The van der Waals surface area contributed by atoms with Gasteiger partial charge in [0.1, 0.15) is 5.00 Å². The molecule has 1 aliphatic carbocycles.